The molecule has 0 spiro atoms. The first-order valence-corrected chi connectivity index (χ1v) is 8.09. The van der Waals surface area contributed by atoms with E-state index in [2.05, 4.69) is 10.5 Å². The van der Waals surface area contributed by atoms with E-state index in [0.29, 0.717) is 5.92 Å². The Bertz CT molecular complexity index is 639. The first-order valence-electron chi connectivity index (χ1n) is 8.09. The van der Waals surface area contributed by atoms with Gasteiger partial charge in [-0.15, -0.1) is 0 Å². The second-order valence-electron chi connectivity index (χ2n) is 6.67. The molecular weight excluding hydrogens is 294 g/mol. The molecule has 6 nitrogen and oxygen atoms in total. The largest absolute Gasteiger partial charge is 0.273 e. The Morgan fingerprint density at radius 2 is 2.04 bits per heavy atom. The fraction of sp³-hybridized carbons (Fsp3) is 0.529. The van der Waals surface area contributed by atoms with Crippen LogP contribution in [-0.4, -0.2) is 16.5 Å². The number of nitrogens with one attached hydrogen (secondary N) is 1. The van der Waals surface area contributed by atoms with Crippen LogP contribution in [0, 0.1) is 27.9 Å². The van der Waals surface area contributed by atoms with Crippen LogP contribution in [0.3, 0.4) is 0 Å². The molecule has 0 heterocycles. The maximum Gasteiger partial charge on any atom is 0.269 e. The molecule has 2 bridgehead atoms. The second-order valence-corrected chi connectivity index (χ2v) is 6.67. The molecule has 3 rings (SSSR count). The van der Waals surface area contributed by atoms with Crippen molar-refractivity contribution in [3.8, 4) is 0 Å². The van der Waals surface area contributed by atoms with Crippen LogP contribution in [0.4, 0.5) is 5.69 Å². The number of hydrogen-bond acceptors (Lipinski definition) is 4. The van der Waals surface area contributed by atoms with Gasteiger partial charge in [-0.2, -0.15) is 5.10 Å². The summed E-state index contributed by atoms with van der Waals surface area (Å²) >= 11 is 0. The Morgan fingerprint density at radius 1 is 1.30 bits per heavy atom. The average Bonchev–Trinajstić information content (AvgIpc) is 3.16. The van der Waals surface area contributed by atoms with E-state index in [0.717, 1.165) is 23.1 Å². The van der Waals surface area contributed by atoms with Crippen LogP contribution in [-0.2, 0) is 11.2 Å². The minimum Gasteiger partial charge on any atom is -0.273 e. The smallest absolute Gasteiger partial charge is 0.269 e. The number of carbonyl (C=O) groups is 1. The van der Waals surface area contributed by atoms with Crippen molar-refractivity contribution in [1.82, 2.24) is 5.43 Å². The standard InChI is InChI=1S/C17H21N3O3/c1-11(16-9-13-2-5-14(16)8-13)18-19-17(21)10-12-3-6-15(7-4-12)20(22)23/h3-4,6-7,13-14,16H,2,5,8-10H2,1H3,(H,19,21)/b18-11-/t13-,14+,16+/m0/s1. The monoisotopic (exact) mass is 315 g/mol. The van der Waals surface area contributed by atoms with Crippen molar-refractivity contribution in [3.63, 3.8) is 0 Å². The van der Waals surface area contributed by atoms with E-state index >= 15 is 0 Å². The molecule has 2 fully saturated rings. The van der Waals surface area contributed by atoms with Gasteiger partial charge in [-0.05, 0) is 43.6 Å². The maximum absolute atomic E-state index is 12.0. The third-order valence-electron chi connectivity index (χ3n) is 5.14. The number of rotatable bonds is 5. The molecule has 0 saturated heterocycles. The Morgan fingerprint density at radius 3 is 2.61 bits per heavy atom. The summed E-state index contributed by atoms with van der Waals surface area (Å²) in [6.45, 7) is 2.00. The van der Waals surface area contributed by atoms with Crippen LogP contribution in [0.15, 0.2) is 29.4 Å². The molecule has 0 radical (unpaired) electrons. The van der Waals surface area contributed by atoms with E-state index in [1.807, 2.05) is 6.92 Å². The zero-order valence-electron chi connectivity index (χ0n) is 13.2. The number of amides is 1. The second kappa shape index (κ2) is 6.48. The molecule has 122 valence electrons. The van der Waals surface area contributed by atoms with Crippen molar-refractivity contribution in [3.05, 3.63) is 39.9 Å². The summed E-state index contributed by atoms with van der Waals surface area (Å²) in [4.78, 5) is 22.1. The van der Waals surface area contributed by atoms with Crippen molar-refractivity contribution in [1.29, 1.82) is 0 Å². The highest BCUT2D eigenvalue weighted by atomic mass is 16.6. The predicted octanol–water partition coefficient (Wildman–Crippen LogP) is 3.07. The van der Waals surface area contributed by atoms with E-state index in [9.17, 15) is 14.9 Å². The summed E-state index contributed by atoms with van der Waals surface area (Å²) in [5.41, 5.74) is 4.41. The number of hydrogen-bond donors (Lipinski definition) is 1. The number of non-ortho nitro benzene ring substituents is 1. The fourth-order valence-corrected chi connectivity index (χ4v) is 3.95. The van der Waals surface area contributed by atoms with Crippen LogP contribution in [0.2, 0.25) is 0 Å². The summed E-state index contributed by atoms with van der Waals surface area (Å²) in [6, 6.07) is 6.02. The fourth-order valence-electron chi connectivity index (χ4n) is 3.95. The lowest BCUT2D eigenvalue weighted by molar-refractivity contribution is -0.384. The van der Waals surface area contributed by atoms with Crippen LogP contribution < -0.4 is 5.43 Å². The van der Waals surface area contributed by atoms with E-state index in [1.54, 1.807) is 12.1 Å². The first-order chi connectivity index (χ1) is 11.0. The van der Waals surface area contributed by atoms with E-state index < -0.39 is 4.92 Å². The van der Waals surface area contributed by atoms with E-state index in [4.69, 9.17) is 0 Å². The van der Waals surface area contributed by atoms with E-state index in [-0.39, 0.29) is 18.0 Å². The Labute approximate surface area is 135 Å². The normalized spacial score (nSPS) is 26.3. The van der Waals surface area contributed by atoms with Gasteiger partial charge >= 0.3 is 0 Å². The number of fused-ring (bicyclic) bond motifs is 2. The summed E-state index contributed by atoms with van der Waals surface area (Å²) in [6.07, 6.45) is 5.33. The predicted molar refractivity (Wildman–Crippen MR) is 87.0 cm³/mol. The minimum atomic E-state index is -0.452. The molecular formula is C17H21N3O3. The average molecular weight is 315 g/mol. The van der Waals surface area contributed by atoms with Crippen LogP contribution in [0.5, 0.6) is 0 Å². The Kier molecular flexibility index (Phi) is 4.41. The Balaban J connectivity index is 1.53. The van der Waals surface area contributed by atoms with E-state index in [1.165, 1.54) is 37.8 Å². The molecule has 1 N–H and O–H groups in total. The molecule has 0 aliphatic heterocycles. The van der Waals surface area contributed by atoms with Crippen LogP contribution in [0.25, 0.3) is 0 Å². The minimum absolute atomic E-state index is 0.0271. The quantitative estimate of drug-likeness (QED) is 0.515. The first kappa shape index (κ1) is 15.6. The number of nitro benzene ring substituents is 1. The summed E-state index contributed by atoms with van der Waals surface area (Å²) in [5, 5.41) is 14.9. The lowest BCUT2D eigenvalue weighted by atomic mass is 9.86. The summed E-state index contributed by atoms with van der Waals surface area (Å²) in [5.74, 6) is 1.93. The number of carbonyl (C=O) groups excluding carboxylic acids is 1. The van der Waals surface area contributed by atoms with Crippen LogP contribution in [0.1, 0.15) is 38.2 Å². The van der Waals surface area contributed by atoms with Crippen molar-refractivity contribution >= 4 is 17.3 Å². The number of hydrazone groups is 1. The number of benzene rings is 1. The molecule has 1 aromatic rings. The maximum atomic E-state index is 12.0. The highest BCUT2D eigenvalue weighted by molar-refractivity contribution is 5.87. The topological polar surface area (TPSA) is 84.6 Å². The van der Waals surface area contributed by atoms with Gasteiger partial charge < -0.3 is 0 Å². The SMILES string of the molecule is C/C(=N/NC(=O)Cc1ccc([N+](=O)[O-])cc1)[C@H]1C[C@H]2CC[C@@H]1C2. The van der Waals surface area contributed by atoms with Gasteiger partial charge in [-0.3, -0.25) is 14.9 Å². The number of nitrogens with zero attached hydrogens (tertiary/aromatic N) is 2. The molecule has 0 aromatic heterocycles. The van der Waals surface area contributed by atoms with Gasteiger partial charge in [0, 0.05) is 23.8 Å². The molecule has 1 aromatic carbocycles. The van der Waals surface area contributed by atoms with Gasteiger partial charge in [0.2, 0.25) is 5.91 Å². The van der Waals surface area contributed by atoms with Crippen molar-refractivity contribution in [2.24, 2.45) is 22.9 Å². The van der Waals surface area contributed by atoms with Crippen molar-refractivity contribution < 1.29 is 9.72 Å². The van der Waals surface area contributed by atoms with Gasteiger partial charge in [0.1, 0.15) is 0 Å². The third-order valence-corrected chi connectivity index (χ3v) is 5.14. The Hall–Kier alpha value is -2.24. The molecule has 2 aliphatic rings. The molecule has 0 unspecified atom stereocenters. The number of nitro groups is 1. The molecule has 1 amide bonds. The molecule has 2 saturated carbocycles. The summed E-state index contributed by atoms with van der Waals surface area (Å²) in [7, 11) is 0. The molecule has 2 aliphatic carbocycles. The lowest BCUT2D eigenvalue weighted by Crippen LogP contribution is -2.25. The lowest BCUT2D eigenvalue weighted by Gasteiger charge is -2.21. The van der Waals surface area contributed by atoms with Gasteiger partial charge in [-0.25, -0.2) is 5.43 Å². The van der Waals surface area contributed by atoms with Crippen molar-refractivity contribution in [2.75, 3.05) is 0 Å². The zero-order valence-corrected chi connectivity index (χ0v) is 13.2. The van der Waals surface area contributed by atoms with Gasteiger partial charge in [-0.1, -0.05) is 18.6 Å². The third kappa shape index (κ3) is 3.57. The van der Waals surface area contributed by atoms with Gasteiger partial charge in [0.25, 0.3) is 5.69 Å². The van der Waals surface area contributed by atoms with Crippen LogP contribution >= 0.6 is 0 Å². The highest BCUT2D eigenvalue weighted by Gasteiger charge is 2.40. The molecule has 6 heteroatoms. The van der Waals surface area contributed by atoms with Gasteiger partial charge in [0.05, 0.1) is 11.3 Å². The van der Waals surface area contributed by atoms with Gasteiger partial charge in [0.15, 0.2) is 0 Å². The van der Waals surface area contributed by atoms with Crippen molar-refractivity contribution in [2.45, 2.75) is 39.0 Å². The zero-order chi connectivity index (χ0) is 16.4. The molecule has 23 heavy (non-hydrogen) atoms. The highest BCUT2D eigenvalue weighted by Crippen LogP contribution is 2.48. The summed E-state index contributed by atoms with van der Waals surface area (Å²) < 4.78 is 0. The molecule has 3 atom stereocenters.